The second kappa shape index (κ2) is 6.80. The highest BCUT2D eigenvalue weighted by atomic mass is 32.2. The summed E-state index contributed by atoms with van der Waals surface area (Å²) < 4.78 is 40.5. The summed E-state index contributed by atoms with van der Waals surface area (Å²) in [6, 6.07) is 13.4. The molecule has 3 N–H and O–H groups in total. The third-order valence-corrected chi connectivity index (χ3v) is 4.66. The van der Waals surface area contributed by atoms with Crippen molar-refractivity contribution in [2.45, 2.75) is 17.9 Å². The van der Waals surface area contributed by atoms with Gasteiger partial charge in [-0.05, 0) is 24.1 Å². The van der Waals surface area contributed by atoms with Gasteiger partial charge in [0, 0.05) is 18.7 Å². The van der Waals surface area contributed by atoms with Gasteiger partial charge in [0.25, 0.3) is 0 Å². The fourth-order valence-electron chi connectivity index (χ4n) is 2.04. The molecule has 0 amide bonds. The molecule has 2 aromatic rings. The number of rotatable bonds is 6. The molecule has 0 aromatic heterocycles. The molecule has 4 nitrogen and oxygen atoms in total. The molecule has 112 valence electrons. The van der Waals surface area contributed by atoms with Crippen molar-refractivity contribution in [3.63, 3.8) is 0 Å². The van der Waals surface area contributed by atoms with Crippen LogP contribution in [0.2, 0.25) is 0 Å². The Morgan fingerprint density at radius 2 is 1.76 bits per heavy atom. The van der Waals surface area contributed by atoms with E-state index in [-0.39, 0.29) is 23.5 Å². The van der Waals surface area contributed by atoms with Crippen LogP contribution in [0.3, 0.4) is 0 Å². The number of hydrogen-bond acceptors (Lipinski definition) is 3. The van der Waals surface area contributed by atoms with Gasteiger partial charge in [-0.2, -0.15) is 0 Å². The highest BCUT2D eigenvalue weighted by molar-refractivity contribution is 7.89. The van der Waals surface area contributed by atoms with E-state index in [0.29, 0.717) is 6.42 Å². The summed E-state index contributed by atoms with van der Waals surface area (Å²) in [5, 5.41) is 0. The van der Waals surface area contributed by atoms with E-state index < -0.39 is 15.8 Å². The first kappa shape index (κ1) is 15.6. The molecule has 0 saturated carbocycles. The summed E-state index contributed by atoms with van der Waals surface area (Å²) >= 11 is 0. The Bertz CT molecular complexity index is 703. The van der Waals surface area contributed by atoms with E-state index in [0.717, 1.165) is 5.56 Å². The van der Waals surface area contributed by atoms with Crippen molar-refractivity contribution in [3.8, 4) is 0 Å². The summed E-state index contributed by atoms with van der Waals surface area (Å²) in [7, 11) is -3.77. The maximum Gasteiger partial charge on any atom is 0.241 e. The molecule has 0 unspecified atom stereocenters. The van der Waals surface area contributed by atoms with Gasteiger partial charge in [-0.1, -0.05) is 36.4 Å². The van der Waals surface area contributed by atoms with Crippen LogP contribution in [0, 0.1) is 5.82 Å². The lowest BCUT2D eigenvalue weighted by Crippen LogP contribution is -2.27. The van der Waals surface area contributed by atoms with Crippen LogP contribution >= 0.6 is 0 Å². The van der Waals surface area contributed by atoms with Crippen LogP contribution in [-0.2, 0) is 23.0 Å². The topological polar surface area (TPSA) is 72.2 Å². The summed E-state index contributed by atoms with van der Waals surface area (Å²) in [6.45, 7) is 0.0779. The maximum absolute atomic E-state index is 13.6. The number of sulfonamides is 1. The van der Waals surface area contributed by atoms with E-state index in [9.17, 15) is 12.8 Å². The van der Waals surface area contributed by atoms with Crippen molar-refractivity contribution in [2.75, 3.05) is 6.54 Å². The highest BCUT2D eigenvalue weighted by Crippen LogP contribution is 2.18. The summed E-state index contributed by atoms with van der Waals surface area (Å²) in [5.74, 6) is -0.608. The predicted molar refractivity (Wildman–Crippen MR) is 79.6 cm³/mol. The molecule has 0 fully saturated rings. The Hall–Kier alpha value is -1.76. The summed E-state index contributed by atoms with van der Waals surface area (Å²) in [6.07, 6.45) is 0.563. The van der Waals surface area contributed by atoms with Gasteiger partial charge in [-0.25, -0.2) is 17.5 Å². The van der Waals surface area contributed by atoms with Crippen molar-refractivity contribution in [1.82, 2.24) is 4.72 Å². The minimum atomic E-state index is -3.77. The van der Waals surface area contributed by atoms with Crippen LogP contribution in [0.1, 0.15) is 11.1 Å². The Morgan fingerprint density at radius 3 is 2.43 bits per heavy atom. The van der Waals surface area contributed by atoms with Crippen molar-refractivity contribution in [3.05, 3.63) is 65.5 Å². The predicted octanol–water partition coefficient (Wildman–Crippen LogP) is 1.81. The fourth-order valence-corrected chi connectivity index (χ4v) is 3.33. The smallest absolute Gasteiger partial charge is 0.241 e. The van der Waals surface area contributed by atoms with Crippen molar-refractivity contribution >= 4 is 10.0 Å². The Morgan fingerprint density at radius 1 is 1.05 bits per heavy atom. The molecule has 0 aliphatic rings. The second-order valence-corrected chi connectivity index (χ2v) is 6.29. The molecule has 2 rings (SSSR count). The molecular weight excluding hydrogens is 291 g/mol. The van der Waals surface area contributed by atoms with Crippen LogP contribution in [0.25, 0.3) is 0 Å². The molecule has 0 heterocycles. The average Bonchev–Trinajstić information content (AvgIpc) is 2.48. The van der Waals surface area contributed by atoms with Gasteiger partial charge in [0.2, 0.25) is 10.0 Å². The number of nitrogens with one attached hydrogen (secondary N) is 1. The van der Waals surface area contributed by atoms with Crippen LogP contribution in [0.4, 0.5) is 4.39 Å². The van der Waals surface area contributed by atoms with Gasteiger partial charge in [0.15, 0.2) is 0 Å². The standard InChI is InChI=1S/C15H17FN2O2S/c16-14-7-4-8-15(13(14)11-17)21(19,20)18-10-9-12-5-2-1-3-6-12/h1-8,18H,9-11,17H2. The molecule has 0 bridgehead atoms. The van der Waals surface area contributed by atoms with E-state index in [1.807, 2.05) is 30.3 Å². The largest absolute Gasteiger partial charge is 0.326 e. The van der Waals surface area contributed by atoms with E-state index in [2.05, 4.69) is 4.72 Å². The number of hydrogen-bond donors (Lipinski definition) is 2. The zero-order chi connectivity index (χ0) is 15.3. The first-order valence-corrected chi connectivity index (χ1v) is 8.04. The van der Waals surface area contributed by atoms with E-state index in [1.165, 1.54) is 18.2 Å². The van der Waals surface area contributed by atoms with Crippen molar-refractivity contribution in [1.29, 1.82) is 0 Å². The normalized spacial score (nSPS) is 11.5. The number of benzene rings is 2. The summed E-state index contributed by atoms with van der Waals surface area (Å²) in [4.78, 5) is -0.0990. The first-order valence-electron chi connectivity index (χ1n) is 6.55. The van der Waals surface area contributed by atoms with Crippen LogP contribution < -0.4 is 10.5 Å². The second-order valence-electron chi connectivity index (χ2n) is 4.55. The minimum absolute atomic E-state index is 0.00436. The zero-order valence-electron chi connectivity index (χ0n) is 11.4. The molecule has 0 radical (unpaired) electrons. The van der Waals surface area contributed by atoms with E-state index in [1.54, 1.807) is 0 Å². The van der Waals surface area contributed by atoms with E-state index >= 15 is 0 Å². The maximum atomic E-state index is 13.6. The van der Waals surface area contributed by atoms with Crippen molar-refractivity contribution < 1.29 is 12.8 Å². The first-order chi connectivity index (χ1) is 10.0. The van der Waals surface area contributed by atoms with Gasteiger partial charge >= 0.3 is 0 Å². The lowest BCUT2D eigenvalue weighted by molar-refractivity contribution is 0.571. The van der Waals surface area contributed by atoms with Gasteiger partial charge in [0.1, 0.15) is 5.82 Å². The van der Waals surface area contributed by atoms with Crippen molar-refractivity contribution in [2.24, 2.45) is 5.73 Å². The van der Waals surface area contributed by atoms with Crippen LogP contribution in [0.5, 0.6) is 0 Å². The molecule has 0 atom stereocenters. The molecule has 0 aliphatic heterocycles. The molecule has 0 saturated heterocycles. The summed E-state index contributed by atoms with van der Waals surface area (Å²) in [5.41, 5.74) is 6.47. The fraction of sp³-hybridized carbons (Fsp3) is 0.200. The third kappa shape index (κ3) is 3.87. The molecule has 2 aromatic carbocycles. The van der Waals surface area contributed by atoms with Gasteiger partial charge < -0.3 is 5.73 Å². The third-order valence-electron chi connectivity index (χ3n) is 3.12. The molecule has 0 spiro atoms. The lowest BCUT2D eigenvalue weighted by Gasteiger charge is -2.11. The monoisotopic (exact) mass is 308 g/mol. The Kier molecular flexibility index (Phi) is 5.06. The minimum Gasteiger partial charge on any atom is -0.326 e. The van der Waals surface area contributed by atoms with E-state index in [4.69, 9.17) is 5.73 Å². The van der Waals surface area contributed by atoms with Crippen LogP contribution in [0.15, 0.2) is 53.4 Å². The molecule has 6 heteroatoms. The molecule has 0 aliphatic carbocycles. The van der Waals surface area contributed by atoms with Gasteiger partial charge in [-0.15, -0.1) is 0 Å². The highest BCUT2D eigenvalue weighted by Gasteiger charge is 2.19. The quantitative estimate of drug-likeness (QED) is 0.855. The number of nitrogens with two attached hydrogens (primary N) is 1. The van der Waals surface area contributed by atoms with Gasteiger partial charge in [-0.3, -0.25) is 0 Å². The average molecular weight is 308 g/mol. The SMILES string of the molecule is NCc1c(F)cccc1S(=O)(=O)NCCc1ccccc1. The Balaban J connectivity index is 2.11. The molecule has 21 heavy (non-hydrogen) atoms. The van der Waals surface area contributed by atoms with Crippen LogP contribution in [-0.4, -0.2) is 15.0 Å². The zero-order valence-corrected chi connectivity index (χ0v) is 12.2. The molecular formula is C15H17FN2O2S. The Labute approximate surface area is 123 Å². The number of halogens is 1. The van der Waals surface area contributed by atoms with Gasteiger partial charge in [0.05, 0.1) is 4.90 Å². The lowest BCUT2D eigenvalue weighted by atomic mass is 10.2.